The molecule has 0 atom stereocenters. The number of hydrogen-bond acceptors (Lipinski definition) is 6. The van der Waals surface area contributed by atoms with Gasteiger partial charge in [-0.25, -0.2) is 4.98 Å². The van der Waals surface area contributed by atoms with Crippen LogP contribution in [0.5, 0.6) is 0 Å². The van der Waals surface area contributed by atoms with Crippen LogP contribution >= 0.6 is 39.3 Å². The van der Waals surface area contributed by atoms with Crippen molar-refractivity contribution in [1.29, 1.82) is 0 Å². The van der Waals surface area contributed by atoms with Gasteiger partial charge in [0.05, 0.1) is 4.47 Å². The minimum Gasteiger partial charge on any atom is -0.357 e. The molecule has 0 saturated heterocycles. The van der Waals surface area contributed by atoms with Gasteiger partial charge in [-0.3, -0.25) is 0 Å². The summed E-state index contributed by atoms with van der Waals surface area (Å²) in [5.74, 6) is 0.430. The summed E-state index contributed by atoms with van der Waals surface area (Å²) < 4.78 is 0.882. The molecule has 17 heavy (non-hydrogen) atoms. The standard InChI is InChI=1S/C9H7BrClN5S/c1-12-8-14-7(11)15-9(16-8)17-6-5(10)3-2-4-13-6/h2-4H,1H3,(H,12,14,15,16). The molecule has 88 valence electrons. The predicted octanol–water partition coefficient (Wildman–Crippen LogP) is 2.88. The molecule has 2 rings (SSSR count). The second kappa shape index (κ2) is 5.61. The molecular formula is C9H7BrClN5S. The summed E-state index contributed by atoms with van der Waals surface area (Å²) in [6.45, 7) is 0. The molecule has 1 N–H and O–H groups in total. The van der Waals surface area contributed by atoms with E-state index < -0.39 is 0 Å². The number of nitrogens with zero attached hydrogens (tertiary/aromatic N) is 4. The molecule has 0 spiro atoms. The first-order chi connectivity index (χ1) is 8.19. The first kappa shape index (κ1) is 12.5. The van der Waals surface area contributed by atoms with E-state index in [0.29, 0.717) is 11.1 Å². The third kappa shape index (κ3) is 3.27. The highest BCUT2D eigenvalue weighted by Crippen LogP contribution is 2.29. The van der Waals surface area contributed by atoms with Crippen LogP contribution in [0.1, 0.15) is 0 Å². The van der Waals surface area contributed by atoms with Gasteiger partial charge in [0.1, 0.15) is 5.03 Å². The van der Waals surface area contributed by atoms with E-state index in [2.05, 4.69) is 41.2 Å². The zero-order valence-electron chi connectivity index (χ0n) is 8.69. The van der Waals surface area contributed by atoms with E-state index in [1.807, 2.05) is 12.1 Å². The number of rotatable bonds is 3. The van der Waals surface area contributed by atoms with Crippen LogP contribution in [0.25, 0.3) is 0 Å². The largest absolute Gasteiger partial charge is 0.357 e. The van der Waals surface area contributed by atoms with E-state index in [1.54, 1.807) is 13.2 Å². The van der Waals surface area contributed by atoms with Crippen molar-refractivity contribution in [3.8, 4) is 0 Å². The van der Waals surface area contributed by atoms with Crippen molar-refractivity contribution < 1.29 is 0 Å². The lowest BCUT2D eigenvalue weighted by molar-refractivity contribution is 0.904. The molecule has 0 saturated carbocycles. The van der Waals surface area contributed by atoms with Crippen LogP contribution in [0.4, 0.5) is 5.95 Å². The molecule has 0 unspecified atom stereocenters. The molecule has 5 nitrogen and oxygen atoms in total. The Kier molecular flexibility index (Phi) is 4.14. The summed E-state index contributed by atoms with van der Waals surface area (Å²) in [7, 11) is 1.72. The van der Waals surface area contributed by atoms with Gasteiger partial charge in [-0.2, -0.15) is 15.0 Å². The highest BCUT2D eigenvalue weighted by atomic mass is 79.9. The number of nitrogens with one attached hydrogen (secondary N) is 1. The molecule has 0 fully saturated rings. The molecule has 0 bridgehead atoms. The summed E-state index contributed by atoms with van der Waals surface area (Å²) in [5, 5.41) is 4.24. The Balaban J connectivity index is 2.30. The van der Waals surface area contributed by atoms with Crippen LogP contribution in [0.3, 0.4) is 0 Å². The molecule has 0 amide bonds. The highest BCUT2D eigenvalue weighted by Gasteiger charge is 2.08. The number of aromatic nitrogens is 4. The zero-order valence-corrected chi connectivity index (χ0v) is 11.8. The topological polar surface area (TPSA) is 63.6 Å². The minimum atomic E-state index is 0.152. The van der Waals surface area contributed by atoms with E-state index in [9.17, 15) is 0 Å². The second-order valence-corrected chi connectivity index (χ2v) is 5.00. The Morgan fingerprint density at radius 3 is 2.88 bits per heavy atom. The van der Waals surface area contributed by atoms with Gasteiger partial charge in [-0.15, -0.1) is 0 Å². The third-order valence-electron chi connectivity index (χ3n) is 1.72. The van der Waals surface area contributed by atoms with Crippen molar-refractivity contribution in [2.24, 2.45) is 0 Å². The molecule has 0 aliphatic carbocycles. The fourth-order valence-electron chi connectivity index (χ4n) is 1.02. The predicted molar refractivity (Wildman–Crippen MR) is 70.4 cm³/mol. The van der Waals surface area contributed by atoms with Crippen molar-refractivity contribution in [2.45, 2.75) is 10.2 Å². The van der Waals surface area contributed by atoms with E-state index >= 15 is 0 Å². The lowest BCUT2D eigenvalue weighted by Crippen LogP contribution is -2.00. The van der Waals surface area contributed by atoms with Crippen molar-refractivity contribution in [3.63, 3.8) is 0 Å². The fourth-order valence-corrected chi connectivity index (χ4v) is 2.45. The van der Waals surface area contributed by atoms with Crippen molar-refractivity contribution in [2.75, 3.05) is 12.4 Å². The molecule has 0 aliphatic rings. The average molecular weight is 333 g/mol. The summed E-state index contributed by atoms with van der Waals surface area (Å²) in [5.41, 5.74) is 0. The SMILES string of the molecule is CNc1nc(Cl)nc(Sc2ncccc2Br)n1. The zero-order chi connectivity index (χ0) is 12.3. The van der Waals surface area contributed by atoms with E-state index in [-0.39, 0.29) is 5.28 Å². The minimum absolute atomic E-state index is 0.152. The van der Waals surface area contributed by atoms with Gasteiger partial charge in [0.15, 0.2) is 5.16 Å². The number of hydrogen-bond donors (Lipinski definition) is 1. The van der Waals surface area contributed by atoms with Gasteiger partial charge in [0.25, 0.3) is 0 Å². The van der Waals surface area contributed by atoms with Crippen LogP contribution < -0.4 is 5.32 Å². The molecule has 8 heteroatoms. The maximum atomic E-state index is 5.79. The maximum Gasteiger partial charge on any atom is 0.228 e. The smallest absolute Gasteiger partial charge is 0.228 e. The van der Waals surface area contributed by atoms with Gasteiger partial charge in [0.2, 0.25) is 11.2 Å². The van der Waals surface area contributed by atoms with Gasteiger partial charge in [-0.1, -0.05) is 0 Å². The van der Waals surface area contributed by atoms with E-state index in [0.717, 1.165) is 9.50 Å². The van der Waals surface area contributed by atoms with Crippen LogP contribution in [0.2, 0.25) is 5.28 Å². The number of anilines is 1. The van der Waals surface area contributed by atoms with Gasteiger partial charge >= 0.3 is 0 Å². The highest BCUT2D eigenvalue weighted by molar-refractivity contribution is 9.10. The van der Waals surface area contributed by atoms with Crippen LogP contribution in [0, 0.1) is 0 Å². The molecular weight excluding hydrogens is 326 g/mol. The maximum absolute atomic E-state index is 5.79. The van der Waals surface area contributed by atoms with Crippen molar-refractivity contribution >= 4 is 45.2 Å². The Labute approximate surface area is 116 Å². The van der Waals surface area contributed by atoms with Gasteiger partial charge < -0.3 is 5.32 Å². The van der Waals surface area contributed by atoms with E-state index in [4.69, 9.17) is 11.6 Å². The Morgan fingerprint density at radius 2 is 2.18 bits per heavy atom. The van der Waals surface area contributed by atoms with Crippen molar-refractivity contribution in [3.05, 3.63) is 28.1 Å². The first-order valence-electron chi connectivity index (χ1n) is 4.57. The van der Waals surface area contributed by atoms with Crippen molar-refractivity contribution in [1.82, 2.24) is 19.9 Å². The summed E-state index contributed by atoms with van der Waals surface area (Å²) in [6.07, 6.45) is 1.70. The molecule has 0 radical (unpaired) electrons. The molecule has 0 aliphatic heterocycles. The van der Waals surface area contributed by atoms with Crippen LogP contribution in [-0.2, 0) is 0 Å². The normalized spacial score (nSPS) is 10.3. The van der Waals surface area contributed by atoms with E-state index in [1.165, 1.54) is 11.8 Å². The second-order valence-electron chi connectivity index (χ2n) is 2.85. The first-order valence-corrected chi connectivity index (χ1v) is 6.55. The number of halogens is 2. The van der Waals surface area contributed by atoms with Gasteiger partial charge in [-0.05, 0) is 51.4 Å². The lowest BCUT2D eigenvalue weighted by Gasteiger charge is -2.03. The molecule has 0 aromatic carbocycles. The summed E-state index contributed by atoms with van der Waals surface area (Å²) in [4.78, 5) is 16.3. The van der Waals surface area contributed by atoms with Crippen LogP contribution in [-0.4, -0.2) is 27.0 Å². The third-order valence-corrected chi connectivity index (χ3v) is 3.68. The number of pyridine rings is 1. The monoisotopic (exact) mass is 331 g/mol. The Morgan fingerprint density at radius 1 is 1.35 bits per heavy atom. The average Bonchev–Trinajstić information content (AvgIpc) is 2.31. The summed E-state index contributed by atoms with van der Waals surface area (Å²) >= 11 is 10.5. The quantitative estimate of drug-likeness (QED) is 0.932. The molecule has 2 heterocycles. The molecule has 2 aromatic heterocycles. The lowest BCUT2D eigenvalue weighted by atomic mass is 10.5. The fraction of sp³-hybridized carbons (Fsp3) is 0.111. The summed E-state index contributed by atoms with van der Waals surface area (Å²) in [6, 6.07) is 3.74. The van der Waals surface area contributed by atoms with Crippen LogP contribution in [0.15, 0.2) is 33.0 Å². The Hall–Kier alpha value is -0.920. The Bertz CT molecular complexity index is 539. The molecule has 2 aromatic rings. The van der Waals surface area contributed by atoms with Gasteiger partial charge in [0, 0.05) is 13.2 Å².